The quantitative estimate of drug-likeness (QED) is 0.513. The van der Waals surface area contributed by atoms with Crippen LogP contribution in [0.3, 0.4) is 0 Å². The Morgan fingerprint density at radius 3 is 1.56 bits per heavy atom. The summed E-state index contributed by atoms with van der Waals surface area (Å²) < 4.78 is 0. The Balaban J connectivity index is 0.00000144. The third-order valence-corrected chi connectivity index (χ3v) is 5.26. The molecule has 0 radical (unpaired) electrons. The second-order valence-electron chi connectivity index (χ2n) is 5.21. The van der Waals surface area contributed by atoms with Crippen LogP contribution in [0, 0.1) is 5.54 Å². The van der Waals surface area contributed by atoms with Crippen LogP contribution in [-0.2, 0) is 26.2 Å². The zero-order valence-corrected chi connectivity index (χ0v) is 16.1. The summed E-state index contributed by atoms with van der Waals surface area (Å²) in [6.45, 7) is 9.30. The summed E-state index contributed by atoms with van der Waals surface area (Å²) >= 11 is 0. The monoisotopic (exact) mass is 355 g/mol. The molecule has 0 aliphatic heterocycles. The molecular weight excluding hydrogens is 335 g/mol. The molecule has 0 unspecified atom stereocenters. The Kier molecular flexibility index (Phi) is 7.82. The van der Waals surface area contributed by atoms with E-state index in [4.69, 9.17) is 0 Å². The Bertz CT molecular complexity index is 380. The minimum atomic E-state index is -0.733. The first kappa shape index (κ1) is 18.2. The van der Waals surface area contributed by atoms with E-state index in [1.165, 1.54) is 11.1 Å². The first-order valence-corrected chi connectivity index (χ1v) is 9.09. The molecule has 0 amide bonds. The van der Waals surface area contributed by atoms with Crippen molar-refractivity contribution >= 4 is 21.2 Å². The van der Waals surface area contributed by atoms with E-state index in [0.717, 1.165) is 12.8 Å². The number of hydrogen-bond donors (Lipinski definition) is 0. The summed E-state index contributed by atoms with van der Waals surface area (Å²) in [6, 6.07) is 0. The molecular formula is C15H22ClSiZr-. The van der Waals surface area contributed by atoms with E-state index in [-0.39, 0.29) is 38.6 Å². The Hall–Kier alpha value is 0.220. The normalized spacial score (nSPS) is 17.4. The molecule has 2 rings (SSSR count). The third-order valence-electron chi connectivity index (χ3n) is 3.36. The van der Waals surface area contributed by atoms with Crippen LogP contribution < -0.4 is 0 Å². The second kappa shape index (κ2) is 7.72. The summed E-state index contributed by atoms with van der Waals surface area (Å²) in [4.78, 5) is 0. The minimum Gasteiger partial charge on any atom is -0.155 e. The molecule has 0 N–H and O–H groups in total. The predicted molar refractivity (Wildman–Crippen MR) is 82.3 cm³/mol. The van der Waals surface area contributed by atoms with Gasteiger partial charge in [-0.25, -0.2) is 0 Å². The molecule has 18 heavy (non-hydrogen) atoms. The van der Waals surface area contributed by atoms with E-state index in [1.807, 2.05) is 0 Å². The van der Waals surface area contributed by atoms with Crippen LogP contribution >= 0.6 is 12.4 Å². The van der Waals surface area contributed by atoms with Crippen molar-refractivity contribution < 1.29 is 26.2 Å². The van der Waals surface area contributed by atoms with Crippen LogP contribution in [0.15, 0.2) is 46.6 Å². The summed E-state index contributed by atoms with van der Waals surface area (Å²) in [6.07, 6.45) is 11.8. The molecule has 2 aliphatic rings. The van der Waals surface area contributed by atoms with Gasteiger partial charge in [0.05, 0.1) is 0 Å². The third kappa shape index (κ3) is 4.11. The van der Waals surface area contributed by atoms with E-state index < -0.39 is 8.80 Å². The zero-order chi connectivity index (χ0) is 11.7. The first-order chi connectivity index (χ1) is 7.58. The Labute approximate surface area is 138 Å². The molecule has 0 fully saturated rings. The smallest absolute Gasteiger partial charge is 0.00183 e. The van der Waals surface area contributed by atoms with Crippen LogP contribution in [-0.4, -0.2) is 8.80 Å². The van der Waals surface area contributed by atoms with Gasteiger partial charge in [-0.15, -0.1) is 23.6 Å². The fraction of sp³-hybridized carbons (Fsp3) is 0.400. The van der Waals surface area contributed by atoms with Crippen molar-refractivity contribution in [2.75, 3.05) is 0 Å². The van der Waals surface area contributed by atoms with Crippen LogP contribution in [0.2, 0.25) is 13.1 Å². The largest absolute Gasteiger partial charge is 0.155 e. The van der Waals surface area contributed by atoms with Crippen LogP contribution in [0.4, 0.5) is 0 Å². The average molecular weight is 357 g/mol. The number of hydrogen-bond acceptors (Lipinski definition) is 0. The second-order valence-corrected chi connectivity index (χ2v) is 8.10. The maximum atomic E-state index is 2.44. The minimum absolute atomic E-state index is 0. The Morgan fingerprint density at radius 2 is 1.33 bits per heavy atom. The van der Waals surface area contributed by atoms with Gasteiger partial charge < -0.3 is 0 Å². The molecule has 0 heterocycles. The van der Waals surface area contributed by atoms with Gasteiger partial charge in [-0.3, -0.25) is 0 Å². The van der Waals surface area contributed by atoms with E-state index in [9.17, 15) is 0 Å². The predicted octanol–water partition coefficient (Wildman–Crippen LogP) is 4.56. The molecule has 2 aliphatic carbocycles. The summed E-state index contributed by atoms with van der Waals surface area (Å²) in [5.41, 5.74) is 7.76. The molecule has 0 aromatic carbocycles. The van der Waals surface area contributed by atoms with Gasteiger partial charge >= 0.3 is 0 Å². The van der Waals surface area contributed by atoms with Crippen molar-refractivity contribution in [1.29, 1.82) is 0 Å². The van der Waals surface area contributed by atoms with Crippen molar-refractivity contribution in [1.82, 2.24) is 0 Å². The zero-order valence-electron chi connectivity index (χ0n) is 11.7. The fourth-order valence-electron chi connectivity index (χ4n) is 2.65. The van der Waals surface area contributed by atoms with Crippen LogP contribution in [0.25, 0.3) is 0 Å². The maximum absolute atomic E-state index is 2.44. The number of halogens is 1. The SMILES string of the molecule is CC1=CCC([C-](C2=CC(C)=CC2)[SiH](C)C)=C1.Cl.[Zr]. The summed E-state index contributed by atoms with van der Waals surface area (Å²) in [5, 5.41) is 0. The van der Waals surface area contributed by atoms with Crippen LogP contribution in [0.5, 0.6) is 0 Å². The van der Waals surface area contributed by atoms with E-state index in [0.29, 0.717) is 0 Å². The van der Waals surface area contributed by atoms with Gasteiger partial charge in [-0.05, 0) is 12.8 Å². The van der Waals surface area contributed by atoms with Gasteiger partial charge in [0.2, 0.25) is 0 Å². The molecule has 0 aromatic heterocycles. The van der Waals surface area contributed by atoms with Crippen molar-refractivity contribution in [3.05, 3.63) is 52.1 Å². The topological polar surface area (TPSA) is 0 Å². The molecule has 0 saturated heterocycles. The van der Waals surface area contributed by atoms with Crippen molar-refractivity contribution in [3.63, 3.8) is 0 Å². The van der Waals surface area contributed by atoms with Gasteiger partial charge in [-0.2, -0.15) is 28.8 Å². The van der Waals surface area contributed by atoms with Gasteiger partial charge in [-0.1, -0.05) is 39.1 Å². The molecule has 0 aromatic rings. The van der Waals surface area contributed by atoms with Crippen LogP contribution in [0.1, 0.15) is 26.7 Å². The standard InChI is InChI=1S/C15H21Si.ClH.Zr/c1-11-5-7-13(9-11)15(16(3)4)14-8-6-12(2)10-14;;/h5-6,9-10,16H,7-8H2,1-4H3;1H;/q-1;;. The van der Waals surface area contributed by atoms with Crippen molar-refractivity contribution in [2.24, 2.45) is 0 Å². The fourth-order valence-corrected chi connectivity index (χ4v) is 4.54. The number of rotatable bonds is 3. The van der Waals surface area contributed by atoms with Gasteiger partial charge in [0.1, 0.15) is 0 Å². The molecule has 3 heteroatoms. The van der Waals surface area contributed by atoms with Crippen molar-refractivity contribution in [3.8, 4) is 0 Å². The van der Waals surface area contributed by atoms with E-state index in [2.05, 4.69) is 51.2 Å². The van der Waals surface area contributed by atoms with Gasteiger partial charge in [0, 0.05) is 35.0 Å². The molecule has 0 bridgehead atoms. The summed E-state index contributed by atoms with van der Waals surface area (Å²) in [5.74, 6) is 0. The first-order valence-electron chi connectivity index (χ1n) is 6.20. The molecule has 0 nitrogen and oxygen atoms in total. The molecule has 0 saturated carbocycles. The Morgan fingerprint density at radius 1 is 0.944 bits per heavy atom. The van der Waals surface area contributed by atoms with Crippen molar-refractivity contribution in [2.45, 2.75) is 39.8 Å². The maximum Gasteiger partial charge on any atom is 0.00183 e. The number of allylic oxidation sites excluding steroid dienone is 8. The van der Waals surface area contributed by atoms with Gasteiger partial charge in [0.25, 0.3) is 0 Å². The van der Waals surface area contributed by atoms with E-state index in [1.54, 1.807) is 16.7 Å². The van der Waals surface area contributed by atoms with E-state index >= 15 is 0 Å². The summed E-state index contributed by atoms with van der Waals surface area (Å²) in [7, 11) is -0.733. The molecule has 0 spiro atoms. The molecule has 98 valence electrons. The average Bonchev–Trinajstić information content (AvgIpc) is 2.76. The van der Waals surface area contributed by atoms with Gasteiger partial charge in [0.15, 0.2) is 0 Å². The molecule has 0 atom stereocenters.